The summed E-state index contributed by atoms with van der Waals surface area (Å²) < 4.78 is 66.5. The molecule has 1 aliphatic rings. The van der Waals surface area contributed by atoms with Gasteiger partial charge in [0.1, 0.15) is 0 Å². The van der Waals surface area contributed by atoms with Crippen molar-refractivity contribution in [1.29, 1.82) is 0 Å². The predicted molar refractivity (Wildman–Crippen MR) is 107 cm³/mol. The zero-order valence-electron chi connectivity index (χ0n) is 16.3. The van der Waals surface area contributed by atoms with Crippen molar-refractivity contribution in [2.24, 2.45) is 0 Å². The summed E-state index contributed by atoms with van der Waals surface area (Å²) in [5.41, 5.74) is -0.453. The Bertz CT molecular complexity index is 1010. The monoisotopic (exact) mass is 458 g/mol. The minimum absolute atomic E-state index is 0.0648. The van der Waals surface area contributed by atoms with Gasteiger partial charge in [-0.1, -0.05) is 12.1 Å². The molecule has 0 saturated carbocycles. The van der Waals surface area contributed by atoms with Crippen LogP contribution < -0.4 is 10.0 Å². The number of halogens is 3. The first-order valence-corrected chi connectivity index (χ1v) is 10.9. The molecule has 1 saturated heterocycles. The molecule has 1 aliphatic heterocycles. The minimum atomic E-state index is -4.46. The first-order valence-electron chi connectivity index (χ1n) is 9.44. The number of sulfonamides is 1. The first kappa shape index (κ1) is 23.1. The van der Waals surface area contributed by atoms with Gasteiger partial charge in [-0.05, 0) is 29.8 Å². The van der Waals surface area contributed by atoms with E-state index in [0.29, 0.717) is 31.7 Å². The summed E-state index contributed by atoms with van der Waals surface area (Å²) in [4.78, 5) is 12.0. The molecule has 1 atom stereocenters. The molecule has 0 amide bonds. The summed E-state index contributed by atoms with van der Waals surface area (Å²) in [5, 5.41) is 13.9. The Morgan fingerprint density at radius 2 is 1.65 bits per heavy atom. The SMILES string of the molecule is O=[N+]([O-])c1ccc(S(=O)(=O)NCC(c2ccc(C(F)(F)F)cc2)N2CCNCC2)cc1. The number of non-ortho nitro benzene ring substituents is 1. The van der Waals surface area contributed by atoms with Crippen LogP contribution in [0.4, 0.5) is 18.9 Å². The van der Waals surface area contributed by atoms with Crippen LogP contribution in [0.25, 0.3) is 0 Å². The van der Waals surface area contributed by atoms with Gasteiger partial charge >= 0.3 is 6.18 Å². The van der Waals surface area contributed by atoms with Gasteiger partial charge in [0.05, 0.1) is 15.4 Å². The summed E-state index contributed by atoms with van der Waals surface area (Å²) in [7, 11) is -3.97. The summed E-state index contributed by atoms with van der Waals surface area (Å²) in [6.07, 6.45) is -4.46. The Hall–Kier alpha value is -2.54. The third kappa shape index (κ3) is 5.79. The number of alkyl halides is 3. The van der Waals surface area contributed by atoms with Crippen LogP contribution >= 0.6 is 0 Å². The number of hydrogen-bond acceptors (Lipinski definition) is 6. The lowest BCUT2D eigenvalue weighted by Crippen LogP contribution is -2.48. The second kappa shape index (κ2) is 9.30. The van der Waals surface area contributed by atoms with E-state index in [0.717, 1.165) is 36.4 Å². The lowest BCUT2D eigenvalue weighted by molar-refractivity contribution is -0.384. The van der Waals surface area contributed by atoms with Gasteiger partial charge in [0.15, 0.2) is 0 Å². The average Bonchev–Trinajstić information content (AvgIpc) is 2.74. The summed E-state index contributed by atoms with van der Waals surface area (Å²) >= 11 is 0. The Morgan fingerprint density at radius 3 is 2.16 bits per heavy atom. The third-order valence-corrected chi connectivity index (χ3v) is 6.48. The van der Waals surface area contributed by atoms with Crippen molar-refractivity contribution >= 4 is 15.7 Å². The van der Waals surface area contributed by atoms with Crippen molar-refractivity contribution in [3.8, 4) is 0 Å². The minimum Gasteiger partial charge on any atom is -0.314 e. The fourth-order valence-corrected chi connectivity index (χ4v) is 4.40. The number of nitrogens with one attached hydrogen (secondary N) is 2. The zero-order valence-corrected chi connectivity index (χ0v) is 17.1. The lowest BCUT2D eigenvalue weighted by Gasteiger charge is -2.35. The second-order valence-electron chi connectivity index (χ2n) is 7.02. The van der Waals surface area contributed by atoms with Gasteiger partial charge in [-0.15, -0.1) is 0 Å². The molecule has 0 radical (unpaired) electrons. The van der Waals surface area contributed by atoms with Gasteiger partial charge in [0.2, 0.25) is 10.0 Å². The maximum absolute atomic E-state index is 12.9. The summed E-state index contributed by atoms with van der Waals surface area (Å²) in [5.74, 6) is 0. The molecule has 1 heterocycles. The Morgan fingerprint density at radius 1 is 1.06 bits per heavy atom. The van der Waals surface area contributed by atoms with E-state index in [1.807, 2.05) is 4.90 Å². The van der Waals surface area contributed by atoms with Crippen molar-refractivity contribution in [1.82, 2.24) is 14.9 Å². The molecular formula is C19H21F3N4O4S. The lowest BCUT2D eigenvalue weighted by atomic mass is 10.0. The quantitative estimate of drug-likeness (QED) is 0.488. The molecule has 0 aromatic heterocycles. The molecular weight excluding hydrogens is 437 g/mol. The van der Waals surface area contributed by atoms with E-state index in [4.69, 9.17) is 0 Å². The van der Waals surface area contributed by atoms with Crippen LogP contribution in [-0.2, 0) is 16.2 Å². The van der Waals surface area contributed by atoms with Crippen LogP contribution in [0.2, 0.25) is 0 Å². The molecule has 0 aliphatic carbocycles. The van der Waals surface area contributed by atoms with Crippen LogP contribution in [0, 0.1) is 10.1 Å². The Labute approximate surface area is 177 Å². The molecule has 2 N–H and O–H groups in total. The number of benzene rings is 2. The van der Waals surface area contributed by atoms with Crippen LogP contribution in [-0.4, -0.2) is 51.0 Å². The molecule has 0 bridgehead atoms. The molecule has 168 valence electrons. The topological polar surface area (TPSA) is 105 Å². The molecule has 1 unspecified atom stereocenters. The molecule has 2 aromatic carbocycles. The number of nitro groups is 1. The predicted octanol–water partition coefficient (Wildman–Crippen LogP) is 2.54. The highest BCUT2D eigenvalue weighted by atomic mass is 32.2. The average molecular weight is 458 g/mol. The number of nitrogens with zero attached hydrogens (tertiary/aromatic N) is 2. The van der Waals surface area contributed by atoms with Gasteiger partial charge in [-0.25, -0.2) is 13.1 Å². The van der Waals surface area contributed by atoms with Crippen molar-refractivity contribution in [3.63, 3.8) is 0 Å². The largest absolute Gasteiger partial charge is 0.416 e. The molecule has 12 heteroatoms. The number of hydrogen-bond donors (Lipinski definition) is 2. The van der Waals surface area contributed by atoms with Crippen LogP contribution in [0.1, 0.15) is 17.2 Å². The fourth-order valence-electron chi connectivity index (χ4n) is 3.36. The Kier molecular flexibility index (Phi) is 6.94. The molecule has 1 fully saturated rings. The van der Waals surface area contributed by atoms with Gasteiger partial charge in [0, 0.05) is 50.9 Å². The fraction of sp³-hybridized carbons (Fsp3) is 0.368. The molecule has 31 heavy (non-hydrogen) atoms. The Balaban J connectivity index is 1.80. The number of rotatable bonds is 7. The van der Waals surface area contributed by atoms with Crippen LogP contribution in [0.15, 0.2) is 53.4 Å². The highest BCUT2D eigenvalue weighted by molar-refractivity contribution is 7.89. The van der Waals surface area contributed by atoms with Gasteiger partial charge in [-0.2, -0.15) is 13.2 Å². The van der Waals surface area contributed by atoms with Crippen molar-refractivity contribution in [2.75, 3.05) is 32.7 Å². The van der Waals surface area contributed by atoms with Crippen molar-refractivity contribution in [3.05, 3.63) is 69.8 Å². The van der Waals surface area contributed by atoms with E-state index in [9.17, 15) is 31.7 Å². The van der Waals surface area contributed by atoms with Crippen LogP contribution in [0.3, 0.4) is 0 Å². The van der Waals surface area contributed by atoms with E-state index in [-0.39, 0.29) is 17.1 Å². The molecule has 8 nitrogen and oxygen atoms in total. The van der Waals surface area contributed by atoms with E-state index < -0.39 is 32.7 Å². The highest BCUT2D eigenvalue weighted by Crippen LogP contribution is 2.31. The van der Waals surface area contributed by atoms with Crippen LogP contribution in [0.5, 0.6) is 0 Å². The van der Waals surface area contributed by atoms with E-state index >= 15 is 0 Å². The van der Waals surface area contributed by atoms with Crippen molar-refractivity contribution < 1.29 is 26.5 Å². The maximum Gasteiger partial charge on any atom is 0.416 e. The molecule has 3 rings (SSSR count). The number of piperazine rings is 1. The van der Waals surface area contributed by atoms with E-state index in [2.05, 4.69) is 10.0 Å². The van der Waals surface area contributed by atoms with Gasteiger partial charge < -0.3 is 5.32 Å². The molecule has 2 aromatic rings. The normalized spacial score (nSPS) is 16.7. The third-order valence-electron chi connectivity index (χ3n) is 5.04. The zero-order chi connectivity index (χ0) is 22.6. The molecule has 0 spiro atoms. The summed E-state index contributed by atoms with van der Waals surface area (Å²) in [6, 6.07) is 8.67. The summed E-state index contributed by atoms with van der Waals surface area (Å²) in [6.45, 7) is 2.49. The smallest absolute Gasteiger partial charge is 0.314 e. The van der Waals surface area contributed by atoms with E-state index in [1.54, 1.807) is 0 Å². The highest BCUT2D eigenvalue weighted by Gasteiger charge is 2.31. The van der Waals surface area contributed by atoms with Gasteiger partial charge in [-0.3, -0.25) is 15.0 Å². The maximum atomic E-state index is 12.9. The second-order valence-corrected chi connectivity index (χ2v) is 8.79. The van der Waals surface area contributed by atoms with Gasteiger partial charge in [0.25, 0.3) is 5.69 Å². The van der Waals surface area contributed by atoms with Crippen molar-refractivity contribution in [2.45, 2.75) is 17.1 Å². The standard InChI is InChI=1S/C19H21F3N4O4S/c20-19(21,22)15-3-1-14(2-4-15)18(25-11-9-23-10-12-25)13-24-31(29,30)17-7-5-16(6-8-17)26(27)28/h1-8,18,23-24H,9-13H2. The number of nitro benzene ring substituents is 1. The first-order chi connectivity index (χ1) is 14.6. The van der Waals surface area contributed by atoms with E-state index in [1.165, 1.54) is 12.1 Å².